The molecular formula is C13H21N5. The average molecular weight is 247 g/mol. The molecule has 0 unspecified atom stereocenters. The Morgan fingerprint density at radius 2 is 2.00 bits per heavy atom. The van der Waals surface area contributed by atoms with Gasteiger partial charge in [0.25, 0.3) is 0 Å². The predicted molar refractivity (Wildman–Crippen MR) is 71.0 cm³/mol. The summed E-state index contributed by atoms with van der Waals surface area (Å²) in [4.78, 5) is 0. The second-order valence-electron chi connectivity index (χ2n) is 4.35. The molecule has 1 N–H and O–H groups in total. The number of aromatic nitrogens is 4. The van der Waals surface area contributed by atoms with Crippen molar-refractivity contribution < 1.29 is 0 Å². The molecule has 0 spiro atoms. The van der Waals surface area contributed by atoms with Crippen LogP contribution in [-0.4, -0.2) is 19.6 Å². The molecule has 0 saturated heterocycles. The van der Waals surface area contributed by atoms with Crippen LogP contribution in [0.5, 0.6) is 0 Å². The molecule has 0 aliphatic rings. The van der Waals surface area contributed by atoms with Gasteiger partial charge in [-0.25, -0.2) is 0 Å². The molecule has 2 aromatic heterocycles. The number of nitrogens with one attached hydrogen (secondary N) is 1. The third-order valence-corrected chi connectivity index (χ3v) is 3.11. The molecular weight excluding hydrogens is 226 g/mol. The van der Waals surface area contributed by atoms with Gasteiger partial charge in [0.1, 0.15) is 0 Å². The molecule has 0 aliphatic carbocycles. The highest BCUT2D eigenvalue weighted by atomic mass is 15.3. The van der Waals surface area contributed by atoms with E-state index in [1.807, 2.05) is 24.0 Å². The first-order valence-corrected chi connectivity index (χ1v) is 6.47. The Hall–Kier alpha value is -1.62. The second-order valence-corrected chi connectivity index (χ2v) is 4.35. The van der Waals surface area contributed by atoms with Gasteiger partial charge in [-0.15, -0.1) is 0 Å². The Kier molecular flexibility index (Phi) is 4.15. The molecule has 2 rings (SSSR count). The number of hydrogen-bond donors (Lipinski definition) is 1. The zero-order chi connectivity index (χ0) is 13.0. The first-order valence-electron chi connectivity index (χ1n) is 6.47. The molecule has 0 radical (unpaired) electrons. The van der Waals surface area contributed by atoms with E-state index in [1.54, 1.807) is 0 Å². The Morgan fingerprint density at radius 3 is 2.61 bits per heavy atom. The summed E-state index contributed by atoms with van der Waals surface area (Å²) in [7, 11) is 1.96. The summed E-state index contributed by atoms with van der Waals surface area (Å²) in [6.07, 6.45) is 2.81. The SMILES string of the molecule is CCc1cc(CNCc2ccnn2C)n(CC)n1. The molecule has 0 saturated carbocycles. The third kappa shape index (κ3) is 2.79. The fourth-order valence-corrected chi connectivity index (χ4v) is 2.00. The van der Waals surface area contributed by atoms with E-state index in [-0.39, 0.29) is 0 Å². The van der Waals surface area contributed by atoms with Gasteiger partial charge in [-0.05, 0) is 25.5 Å². The van der Waals surface area contributed by atoms with Crippen molar-refractivity contribution in [2.75, 3.05) is 0 Å². The van der Waals surface area contributed by atoms with Crippen LogP contribution in [0.2, 0.25) is 0 Å². The summed E-state index contributed by atoms with van der Waals surface area (Å²) in [5, 5.41) is 12.1. The third-order valence-electron chi connectivity index (χ3n) is 3.11. The van der Waals surface area contributed by atoms with Gasteiger partial charge < -0.3 is 5.32 Å². The van der Waals surface area contributed by atoms with Gasteiger partial charge in [0.2, 0.25) is 0 Å². The highest BCUT2D eigenvalue weighted by Crippen LogP contribution is 2.06. The van der Waals surface area contributed by atoms with Crippen LogP contribution >= 0.6 is 0 Å². The van der Waals surface area contributed by atoms with Crippen molar-refractivity contribution in [2.45, 2.75) is 39.9 Å². The first kappa shape index (κ1) is 12.8. The Bertz CT molecular complexity index is 497. The molecule has 98 valence electrons. The molecule has 2 aromatic rings. The average Bonchev–Trinajstić information content (AvgIpc) is 2.96. The van der Waals surface area contributed by atoms with Crippen LogP contribution in [0.4, 0.5) is 0 Å². The number of hydrogen-bond acceptors (Lipinski definition) is 3. The van der Waals surface area contributed by atoms with Gasteiger partial charge in [-0.2, -0.15) is 10.2 Å². The highest BCUT2D eigenvalue weighted by molar-refractivity contribution is 5.10. The van der Waals surface area contributed by atoms with Crippen molar-refractivity contribution in [1.29, 1.82) is 0 Å². The lowest BCUT2D eigenvalue weighted by Crippen LogP contribution is -2.17. The van der Waals surface area contributed by atoms with Crippen LogP contribution in [0.1, 0.15) is 30.9 Å². The Balaban J connectivity index is 1.93. The molecule has 0 aliphatic heterocycles. The number of nitrogens with zero attached hydrogens (tertiary/aromatic N) is 4. The van der Waals surface area contributed by atoms with Gasteiger partial charge in [-0.3, -0.25) is 9.36 Å². The van der Waals surface area contributed by atoms with E-state index in [0.29, 0.717) is 0 Å². The smallest absolute Gasteiger partial charge is 0.0625 e. The van der Waals surface area contributed by atoms with Crippen LogP contribution in [0.3, 0.4) is 0 Å². The van der Waals surface area contributed by atoms with Crippen molar-refractivity contribution in [2.24, 2.45) is 7.05 Å². The summed E-state index contributed by atoms with van der Waals surface area (Å²) < 4.78 is 3.96. The summed E-state index contributed by atoms with van der Waals surface area (Å²) in [5.41, 5.74) is 3.60. The zero-order valence-corrected chi connectivity index (χ0v) is 11.3. The van der Waals surface area contributed by atoms with Crippen LogP contribution in [0.25, 0.3) is 0 Å². The standard InChI is InChI=1S/C13H21N5/c1-4-11-8-13(18(5-2)16-11)10-14-9-12-6-7-15-17(12)3/h6-8,14H,4-5,9-10H2,1-3H3. The van der Waals surface area contributed by atoms with E-state index < -0.39 is 0 Å². The van der Waals surface area contributed by atoms with Crippen LogP contribution in [0, 0.1) is 0 Å². The maximum atomic E-state index is 4.54. The largest absolute Gasteiger partial charge is 0.306 e. The minimum Gasteiger partial charge on any atom is -0.306 e. The van der Waals surface area contributed by atoms with Crippen LogP contribution in [-0.2, 0) is 33.1 Å². The first-order chi connectivity index (χ1) is 8.74. The van der Waals surface area contributed by atoms with E-state index in [4.69, 9.17) is 0 Å². The van der Waals surface area contributed by atoms with E-state index in [1.165, 1.54) is 11.4 Å². The van der Waals surface area contributed by atoms with Gasteiger partial charge in [0.05, 0.1) is 17.1 Å². The monoisotopic (exact) mass is 247 g/mol. The molecule has 0 bridgehead atoms. The maximum absolute atomic E-state index is 4.54. The molecule has 0 atom stereocenters. The van der Waals surface area contributed by atoms with Gasteiger partial charge >= 0.3 is 0 Å². The van der Waals surface area contributed by atoms with E-state index in [0.717, 1.165) is 31.7 Å². The molecule has 2 heterocycles. The number of rotatable bonds is 6. The summed E-state index contributed by atoms with van der Waals surface area (Å²) in [6, 6.07) is 4.21. The molecule has 18 heavy (non-hydrogen) atoms. The molecule has 5 heteroatoms. The van der Waals surface area contributed by atoms with Crippen molar-refractivity contribution in [1.82, 2.24) is 24.9 Å². The summed E-state index contributed by atoms with van der Waals surface area (Å²) in [5.74, 6) is 0. The van der Waals surface area contributed by atoms with Crippen molar-refractivity contribution in [3.05, 3.63) is 35.4 Å². The summed E-state index contributed by atoms with van der Waals surface area (Å²) >= 11 is 0. The van der Waals surface area contributed by atoms with Crippen LogP contribution < -0.4 is 5.32 Å². The fourth-order valence-electron chi connectivity index (χ4n) is 2.00. The summed E-state index contributed by atoms with van der Waals surface area (Å²) in [6.45, 7) is 6.84. The Labute approximate surface area is 108 Å². The maximum Gasteiger partial charge on any atom is 0.0625 e. The minimum atomic E-state index is 0.826. The topological polar surface area (TPSA) is 47.7 Å². The lowest BCUT2D eigenvalue weighted by Gasteiger charge is -2.06. The van der Waals surface area contributed by atoms with E-state index in [9.17, 15) is 0 Å². The van der Waals surface area contributed by atoms with Gasteiger partial charge in [0.15, 0.2) is 0 Å². The number of aryl methyl sites for hydroxylation is 3. The van der Waals surface area contributed by atoms with Gasteiger partial charge in [0, 0.05) is 32.9 Å². The lowest BCUT2D eigenvalue weighted by molar-refractivity contribution is 0.564. The quantitative estimate of drug-likeness (QED) is 0.841. The predicted octanol–water partition coefficient (Wildman–Crippen LogP) is 1.49. The van der Waals surface area contributed by atoms with E-state index in [2.05, 4.69) is 40.1 Å². The Morgan fingerprint density at radius 1 is 1.22 bits per heavy atom. The molecule has 0 fully saturated rings. The minimum absolute atomic E-state index is 0.826. The normalized spacial score (nSPS) is 11.1. The van der Waals surface area contributed by atoms with Gasteiger partial charge in [-0.1, -0.05) is 6.92 Å². The van der Waals surface area contributed by atoms with Crippen molar-refractivity contribution >= 4 is 0 Å². The van der Waals surface area contributed by atoms with E-state index >= 15 is 0 Å². The fraction of sp³-hybridized carbons (Fsp3) is 0.538. The lowest BCUT2D eigenvalue weighted by atomic mass is 10.3. The molecule has 5 nitrogen and oxygen atoms in total. The molecule has 0 amide bonds. The zero-order valence-electron chi connectivity index (χ0n) is 11.3. The second kappa shape index (κ2) is 5.82. The van der Waals surface area contributed by atoms with Crippen LogP contribution in [0.15, 0.2) is 18.3 Å². The van der Waals surface area contributed by atoms with Crippen molar-refractivity contribution in [3.8, 4) is 0 Å². The van der Waals surface area contributed by atoms with Crippen molar-refractivity contribution in [3.63, 3.8) is 0 Å². The molecule has 0 aromatic carbocycles. The highest BCUT2D eigenvalue weighted by Gasteiger charge is 2.05.